The van der Waals surface area contributed by atoms with Crippen molar-refractivity contribution in [3.05, 3.63) is 24.3 Å². The first-order valence-corrected chi connectivity index (χ1v) is 8.67. The van der Waals surface area contributed by atoms with Gasteiger partial charge >= 0.3 is 6.18 Å². The summed E-state index contributed by atoms with van der Waals surface area (Å²) in [4.78, 5) is -1.57. The molecule has 0 amide bonds. The lowest BCUT2D eigenvalue weighted by molar-refractivity contribution is -0.134. The van der Waals surface area contributed by atoms with Crippen molar-refractivity contribution in [1.29, 1.82) is 0 Å². The summed E-state index contributed by atoms with van der Waals surface area (Å²) in [5, 5.41) is 0. The van der Waals surface area contributed by atoms with Crippen molar-refractivity contribution in [2.75, 3.05) is 13.6 Å². The number of rotatable bonds is 4. The number of hydrogen-bond acceptors (Lipinski definition) is 4. The Hall–Kier alpha value is -0.840. The number of sulfonamides is 1. The van der Waals surface area contributed by atoms with Crippen LogP contribution in [0.2, 0.25) is 0 Å². The molecule has 0 radical (unpaired) electrons. The van der Waals surface area contributed by atoms with E-state index in [2.05, 4.69) is 0 Å². The molecular formula is C9H9ClF3NO4S2. The van der Waals surface area contributed by atoms with Crippen molar-refractivity contribution in [1.82, 2.24) is 4.31 Å². The monoisotopic (exact) mass is 351 g/mol. The van der Waals surface area contributed by atoms with Crippen LogP contribution in [0.15, 0.2) is 34.1 Å². The van der Waals surface area contributed by atoms with Crippen molar-refractivity contribution in [2.45, 2.75) is 16.0 Å². The van der Waals surface area contributed by atoms with Gasteiger partial charge in [-0.05, 0) is 12.1 Å². The van der Waals surface area contributed by atoms with Crippen molar-refractivity contribution in [3.63, 3.8) is 0 Å². The Kier molecular flexibility index (Phi) is 4.74. The van der Waals surface area contributed by atoms with Gasteiger partial charge in [0.2, 0.25) is 10.0 Å². The van der Waals surface area contributed by atoms with E-state index in [1.807, 2.05) is 0 Å². The Morgan fingerprint density at radius 3 is 1.95 bits per heavy atom. The lowest BCUT2D eigenvalue weighted by Crippen LogP contribution is -2.36. The summed E-state index contributed by atoms with van der Waals surface area (Å²) >= 11 is 0. The van der Waals surface area contributed by atoms with E-state index in [0.29, 0.717) is 7.05 Å². The summed E-state index contributed by atoms with van der Waals surface area (Å²) in [5.41, 5.74) is 0. The number of alkyl halides is 3. The van der Waals surface area contributed by atoms with E-state index in [9.17, 15) is 30.0 Å². The summed E-state index contributed by atoms with van der Waals surface area (Å²) < 4.78 is 83.2. The number of hydrogen-bond donors (Lipinski definition) is 0. The Balaban J connectivity index is 3.38. The zero-order valence-corrected chi connectivity index (χ0v) is 12.3. The van der Waals surface area contributed by atoms with Crippen LogP contribution in [0.5, 0.6) is 0 Å². The largest absolute Gasteiger partial charge is 0.402 e. The number of nitrogens with zero attached hydrogens (tertiary/aromatic N) is 1. The lowest BCUT2D eigenvalue weighted by Gasteiger charge is -2.19. The molecule has 1 aromatic carbocycles. The molecule has 114 valence electrons. The third-order valence-electron chi connectivity index (χ3n) is 2.20. The summed E-state index contributed by atoms with van der Waals surface area (Å²) in [5.74, 6) is 0. The topological polar surface area (TPSA) is 71.5 Å². The van der Waals surface area contributed by atoms with Gasteiger partial charge in [-0.3, -0.25) is 0 Å². The van der Waals surface area contributed by atoms with Gasteiger partial charge in [0.15, 0.2) is 0 Å². The first-order valence-electron chi connectivity index (χ1n) is 4.92. The molecule has 0 aliphatic heterocycles. The summed E-state index contributed by atoms with van der Waals surface area (Å²) in [6.07, 6.45) is -4.75. The minimum atomic E-state index is -4.75. The molecule has 11 heteroatoms. The highest BCUT2D eigenvalue weighted by Crippen LogP contribution is 2.27. The normalized spacial score (nSPS) is 13.7. The van der Waals surface area contributed by atoms with Gasteiger partial charge < -0.3 is 0 Å². The quantitative estimate of drug-likeness (QED) is 0.775. The average Bonchev–Trinajstić information content (AvgIpc) is 2.25. The van der Waals surface area contributed by atoms with Gasteiger partial charge in [-0.1, -0.05) is 12.1 Å². The van der Waals surface area contributed by atoms with Crippen molar-refractivity contribution in [3.8, 4) is 0 Å². The van der Waals surface area contributed by atoms with Crippen LogP contribution in [0, 0.1) is 0 Å². The van der Waals surface area contributed by atoms with Crippen LogP contribution in [-0.4, -0.2) is 40.9 Å². The highest BCUT2D eigenvalue weighted by molar-refractivity contribution is 8.14. The molecule has 0 saturated carbocycles. The first-order chi connectivity index (χ1) is 8.86. The van der Waals surface area contributed by atoms with Crippen molar-refractivity contribution >= 4 is 29.8 Å². The van der Waals surface area contributed by atoms with E-state index in [1.165, 1.54) is 12.1 Å². The number of halogens is 4. The van der Waals surface area contributed by atoms with Gasteiger partial charge in [-0.25, -0.2) is 16.8 Å². The average molecular weight is 352 g/mol. The highest BCUT2D eigenvalue weighted by atomic mass is 35.7. The van der Waals surface area contributed by atoms with Crippen LogP contribution in [0.3, 0.4) is 0 Å². The zero-order chi connectivity index (χ0) is 15.8. The predicted octanol–water partition coefficient (Wildman–Crippen LogP) is 1.80. The molecule has 0 aromatic heterocycles. The summed E-state index contributed by atoms with van der Waals surface area (Å²) in [7, 11) is -3.28. The van der Waals surface area contributed by atoms with Gasteiger partial charge in [0.05, 0.1) is 0 Å². The van der Waals surface area contributed by atoms with Crippen LogP contribution in [0.25, 0.3) is 0 Å². The molecule has 0 heterocycles. The van der Waals surface area contributed by atoms with Gasteiger partial charge in [-0.15, -0.1) is 0 Å². The summed E-state index contributed by atoms with van der Waals surface area (Å²) in [6, 6.07) is 4.16. The fourth-order valence-corrected chi connectivity index (χ4v) is 4.33. The van der Waals surface area contributed by atoms with Gasteiger partial charge in [0.1, 0.15) is 16.3 Å². The molecule has 0 fully saturated rings. The van der Waals surface area contributed by atoms with E-state index in [-0.39, 0.29) is 4.31 Å². The molecule has 1 aromatic rings. The minimum Gasteiger partial charge on any atom is -0.207 e. The molecule has 0 atom stereocenters. The smallest absolute Gasteiger partial charge is 0.207 e. The molecule has 0 saturated heterocycles. The molecular weight excluding hydrogens is 343 g/mol. The van der Waals surface area contributed by atoms with Crippen molar-refractivity contribution < 1.29 is 30.0 Å². The maximum Gasteiger partial charge on any atom is 0.402 e. The molecule has 0 spiro atoms. The fourth-order valence-electron chi connectivity index (χ4n) is 1.37. The lowest BCUT2D eigenvalue weighted by atomic mass is 10.4. The zero-order valence-electron chi connectivity index (χ0n) is 9.93. The highest BCUT2D eigenvalue weighted by Gasteiger charge is 2.36. The second-order valence-electron chi connectivity index (χ2n) is 3.76. The number of benzene rings is 1. The molecule has 0 unspecified atom stereocenters. The van der Waals surface area contributed by atoms with E-state index >= 15 is 0 Å². The van der Waals surface area contributed by atoms with Crippen molar-refractivity contribution in [2.24, 2.45) is 0 Å². The Morgan fingerprint density at radius 2 is 1.55 bits per heavy atom. The summed E-state index contributed by atoms with van der Waals surface area (Å²) in [6.45, 7) is -1.74. The Bertz CT molecular complexity index is 700. The Morgan fingerprint density at radius 1 is 1.10 bits per heavy atom. The second kappa shape index (κ2) is 5.51. The predicted molar refractivity (Wildman–Crippen MR) is 65.4 cm³/mol. The van der Waals surface area contributed by atoms with Crippen LogP contribution in [0.4, 0.5) is 13.2 Å². The third kappa shape index (κ3) is 4.08. The van der Waals surface area contributed by atoms with Gasteiger partial charge in [0, 0.05) is 17.7 Å². The minimum absolute atomic E-state index is 0.00784. The second-order valence-corrected chi connectivity index (χ2v) is 8.31. The van der Waals surface area contributed by atoms with Crippen LogP contribution in [-0.2, 0) is 19.1 Å². The molecule has 1 rings (SSSR count). The Labute approximate surface area is 118 Å². The third-order valence-corrected chi connectivity index (χ3v) is 5.57. The van der Waals surface area contributed by atoms with Crippen LogP contribution >= 0.6 is 10.7 Å². The van der Waals surface area contributed by atoms with Gasteiger partial charge in [-0.2, -0.15) is 17.5 Å². The van der Waals surface area contributed by atoms with Crippen LogP contribution < -0.4 is 0 Å². The standard InChI is InChI=1S/C9H9ClF3NO4S2/c1-14(6-9(11,12)13)20(17,18)8-5-3-2-4-7(8)19(10,15)16/h2-5H,6H2,1H3. The van der Waals surface area contributed by atoms with Gasteiger partial charge in [0.25, 0.3) is 9.05 Å². The van der Waals surface area contributed by atoms with Crippen LogP contribution in [0.1, 0.15) is 0 Å². The molecule has 0 aliphatic rings. The van der Waals surface area contributed by atoms with E-state index in [1.54, 1.807) is 0 Å². The molecule has 0 bridgehead atoms. The molecule has 20 heavy (non-hydrogen) atoms. The first kappa shape index (κ1) is 17.2. The molecule has 5 nitrogen and oxygen atoms in total. The SMILES string of the molecule is CN(CC(F)(F)F)S(=O)(=O)c1ccccc1S(=O)(=O)Cl. The van der Waals surface area contributed by atoms with E-state index < -0.39 is 41.6 Å². The van der Waals surface area contributed by atoms with E-state index in [0.717, 1.165) is 12.1 Å². The molecule has 0 N–H and O–H groups in total. The maximum absolute atomic E-state index is 12.2. The van der Waals surface area contributed by atoms with E-state index in [4.69, 9.17) is 10.7 Å². The maximum atomic E-state index is 12.2. The fraction of sp³-hybridized carbons (Fsp3) is 0.333. The molecule has 0 aliphatic carbocycles.